The Morgan fingerprint density at radius 2 is 2.21 bits per heavy atom. The number of nitrogens with zero attached hydrogens (tertiary/aromatic N) is 1. The molecule has 1 aliphatic heterocycles. The number of ether oxygens (including phenoxy) is 1. The lowest BCUT2D eigenvalue weighted by Crippen LogP contribution is -2.19. The van der Waals surface area contributed by atoms with E-state index in [0.717, 1.165) is 19.3 Å². The molecule has 0 radical (unpaired) electrons. The number of rotatable bonds is 3. The third kappa shape index (κ3) is 2.38. The van der Waals surface area contributed by atoms with E-state index in [9.17, 15) is 4.79 Å². The molecule has 1 aromatic heterocycles. The van der Waals surface area contributed by atoms with Crippen molar-refractivity contribution in [3.8, 4) is 0 Å². The monoisotopic (exact) mass is 259 g/mol. The second kappa shape index (κ2) is 5.32. The fourth-order valence-corrected chi connectivity index (χ4v) is 3.47. The predicted octanol–water partition coefficient (Wildman–Crippen LogP) is 2.70. The summed E-state index contributed by atoms with van der Waals surface area (Å²) in [5.41, 5.74) is 4.12. The van der Waals surface area contributed by atoms with Crippen LogP contribution in [0.1, 0.15) is 43.0 Å². The smallest absolute Gasteiger partial charge is 0.309 e. The zero-order chi connectivity index (χ0) is 13.2. The van der Waals surface area contributed by atoms with E-state index >= 15 is 0 Å². The van der Waals surface area contributed by atoms with Gasteiger partial charge in [0, 0.05) is 17.8 Å². The van der Waals surface area contributed by atoms with Crippen molar-refractivity contribution >= 4 is 5.97 Å². The molecule has 3 nitrogen and oxygen atoms in total. The summed E-state index contributed by atoms with van der Waals surface area (Å²) in [6.07, 6.45) is 8.59. The van der Waals surface area contributed by atoms with Gasteiger partial charge in [-0.2, -0.15) is 0 Å². The molecule has 2 aliphatic rings. The molecule has 1 aromatic rings. The van der Waals surface area contributed by atoms with Gasteiger partial charge < -0.3 is 4.74 Å². The maximum absolute atomic E-state index is 11.7. The molecule has 0 bridgehead atoms. The van der Waals surface area contributed by atoms with Crippen molar-refractivity contribution in [2.45, 2.75) is 45.4 Å². The summed E-state index contributed by atoms with van der Waals surface area (Å²) in [4.78, 5) is 16.2. The summed E-state index contributed by atoms with van der Waals surface area (Å²) in [6, 6.07) is 2.16. The van der Waals surface area contributed by atoms with Crippen LogP contribution in [-0.2, 0) is 28.8 Å². The fourth-order valence-electron chi connectivity index (χ4n) is 3.47. The fraction of sp³-hybridized carbons (Fsp3) is 0.625. The van der Waals surface area contributed by atoms with Crippen molar-refractivity contribution in [3.63, 3.8) is 0 Å². The minimum absolute atomic E-state index is 0.0164. The van der Waals surface area contributed by atoms with Gasteiger partial charge in [0.15, 0.2) is 0 Å². The number of esters is 1. The maximum Gasteiger partial charge on any atom is 0.309 e. The van der Waals surface area contributed by atoms with Crippen LogP contribution in [0.3, 0.4) is 0 Å². The highest BCUT2D eigenvalue weighted by molar-refractivity contribution is 5.74. The van der Waals surface area contributed by atoms with Gasteiger partial charge in [-0.25, -0.2) is 0 Å². The Bertz CT molecular complexity index is 484. The third-order valence-electron chi connectivity index (χ3n) is 4.57. The zero-order valence-electron chi connectivity index (χ0n) is 11.5. The highest BCUT2D eigenvalue weighted by atomic mass is 16.5. The highest BCUT2D eigenvalue weighted by Gasteiger charge is 2.36. The second-order valence-corrected chi connectivity index (χ2v) is 5.71. The van der Waals surface area contributed by atoms with Crippen LogP contribution in [0.4, 0.5) is 0 Å². The van der Waals surface area contributed by atoms with Crippen LogP contribution in [0, 0.1) is 11.8 Å². The third-order valence-corrected chi connectivity index (χ3v) is 4.57. The van der Waals surface area contributed by atoms with Gasteiger partial charge in [0.05, 0.1) is 12.5 Å². The molecule has 0 amide bonds. The first-order valence-corrected chi connectivity index (χ1v) is 7.42. The molecule has 0 unspecified atom stereocenters. The van der Waals surface area contributed by atoms with E-state index < -0.39 is 0 Å². The molecule has 102 valence electrons. The Morgan fingerprint density at radius 3 is 3.05 bits per heavy atom. The number of cyclic esters (lactones) is 1. The Kier molecular flexibility index (Phi) is 3.54. The number of carbonyl (C=O) groups excluding carboxylic acids is 1. The quantitative estimate of drug-likeness (QED) is 0.783. The average Bonchev–Trinajstić information content (AvgIpc) is 2.79. The SMILES string of the molecule is CC[C@@H]1C(=O)OC[C@H]1Cc1nccc2c1CCCC2. The van der Waals surface area contributed by atoms with E-state index in [1.807, 2.05) is 6.20 Å². The number of aromatic nitrogens is 1. The van der Waals surface area contributed by atoms with Gasteiger partial charge in [-0.05, 0) is 55.7 Å². The molecule has 0 N–H and O–H groups in total. The molecule has 0 aromatic carbocycles. The molecule has 3 rings (SSSR count). The Labute approximate surface area is 114 Å². The molecular weight excluding hydrogens is 238 g/mol. The van der Waals surface area contributed by atoms with Crippen LogP contribution < -0.4 is 0 Å². The van der Waals surface area contributed by atoms with Crippen molar-refractivity contribution in [1.82, 2.24) is 4.98 Å². The zero-order valence-corrected chi connectivity index (χ0v) is 11.5. The first kappa shape index (κ1) is 12.6. The molecule has 2 atom stereocenters. The van der Waals surface area contributed by atoms with Gasteiger partial charge >= 0.3 is 5.97 Å². The Hall–Kier alpha value is -1.38. The van der Waals surface area contributed by atoms with Gasteiger partial charge in [0.2, 0.25) is 0 Å². The largest absolute Gasteiger partial charge is 0.465 e. The minimum atomic E-state index is -0.0164. The lowest BCUT2D eigenvalue weighted by molar-refractivity contribution is -0.141. The van der Waals surface area contributed by atoms with Crippen LogP contribution in [-0.4, -0.2) is 17.6 Å². The summed E-state index contributed by atoms with van der Waals surface area (Å²) in [5, 5.41) is 0. The molecule has 0 saturated carbocycles. The second-order valence-electron chi connectivity index (χ2n) is 5.71. The van der Waals surface area contributed by atoms with Crippen LogP contribution >= 0.6 is 0 Å². The highest BCUT2D eigenvalue weighted by Crippen LogP contribution is 2.31. The number of hydrogen-bond donors (Lipinski definition) is 0. The lowest BCUT2D eigenvalue weighted by Gasteiger charge is -2.20. The van der Waals surface area contributed by atoms with Crippen LogP contribution in [0.25, 0.3) is 0 Å². The molecule has 0 spiro atoms. The van der Waals surface area contributed by atoms with E-state index in [-0.39, 0.29) is 11.9 Å². The van der Waals surface area contributed by atoms with Gasteiger partial charge in [-0.1, -0.05) is 6.92 Å². The van der Waals surface area contributed by atoms with Crippen molar-refractivity contribution in [2.24, 2.45) is 11.8 Å². The van der Waals surface area contributed by atoms with Crippen molar-refractivity contribution in [1.29, 1.82) is 0 Å². The lowest BCUT2D eigenvalue weighted by atomic mass is 9.84. The number of aryl methyl sites for hydroxylation is 1. The van der Waals surface area contributed by atoms with E-state index in [2.05, 4.69) is 18.0 Å². The molecule has 1 aliphatic carbocycles. The van der Waals surface area contributed by atoms with E-state index in [1.165, 1.54) is 36.1 Å². The Balaban J connectivity index is 1.82. The summed E-state index contributed by atoms with van der Waals surface area (Å²) in [7, 11) is 0. The molecule has 1 saturated heterocycles. The first-order valence-electron chi connectivity index (χ1n) is 7.42. The molecule has 1 fully saturated rings. The topological polar surface area (TPSA) is 39.2 Å². The predicted molar refractivity (Wildman–Crippen MR) is 72.8 cm³/mol. The molecule has 19 heavy (non-hydrogen) atoms. The van der Waals surface area contributed by atoms with Crippen molar-refractivity contribution in [2.75, 3.05) is 6.61 Å². The van der Waals surface area contributed by atoms with Gasteiger partial charge in [-0.3, -0.25) is 9.78 Å². The minimum Gasteiger partial charge on any atom is -0.465 e. The van der Waals surface area contributed by atoms with E-state index in [1.54, 1.807) is 0 Å². The number of pyridine rings is 1. The van der Waals surface area contributed by atoms with Crippen LogP contribution in [0.15, 0.2) is 12.3 Å². The van der Waals surface area contributed by atoms with E-state index in [4.69, 9.17) is 4.74 Å². The number of fused-ring (bicyclic) bond motifs is 1. The van der Waals surface area contributed by atoms with Gasteiger partial charge in [-0.15, -0.1) is 0 Å². The van der Waals surface area contributed by atoms with Crippen LogP contribution in [0.5, 0.6) is 0 Å². The number of hydrogen-bond acceptors (Lipinski definition) is 3. The summed E-state index contributed by atoms with van der Waals surface area (Å²) in [5.74, 6) is 0.372. The molecule has 3 heteroatoms. The van der Waals surface area contributed by atoms with E-state index in [0.29, 0.717) is 12.5 Å². The summed E-state index contributed by atoms with van der Waals surface area (Å²) in [6.45, 7) is 2.64. The molecule has 2 heterocycles. The van der Waals surface area contributed by atoms with Crippen LogP contribution in [0.2, 0.25) is 0 Å². The van der Waals surface area contributed by atoms with Crippen molar-refractivity contribution < 1.29 is 9.53 Å². The van der Waals surface area contributed by atoms with Crippen molar-refractivity contribution in [3.05, 3.63) is 29.1 Å². The summed E-state index contributed by atoms with van der Waals surface area (Å²) >= 11 is 0. The average molecular weight is 259 g/mol. The normalized spacial score (nSPS) is 26.1. The van der Waals surface area contributed by atoms with Gasteiger partial charge in [0.25, 0.3) is 0 Å². The Morgan fingerprint density at radius 1 is 1.37 bits per heavy atom. The standard InChI is InChI=1S/C16H21NO2/c1-2-13-12(10-19-16(13)18)9-15-14-6-4-3-5-11(14)7-8-17-15/h7-8,12-13H,2-6,9-10H2,1H3/t12-,13+/m1/s1. The molecular formula is C16H21NO2. The number of carbonyl (C=O) groups is 1. The maximum atomic E-state index is 11.7. The summed E-state index contributed by atoms with van der Waals surface area (Å²) < 4.78 is 5.22. The first-order chi connectivity index (χ1) is 9.29. The van der Waals surface area contributed by atoms with Gasteiger partial charge in [0.1, 0.15) is 0 Å².